The average molecular weight is 218 g/mol. The van der Waals surface area contributed by atoms with Gasteiger partial charge in [0, 0.05) is 13.3 Å². The Kier molecular flexibility index (Phi) is 5.05. The van der Waals surface area contributed by atoms with Gasteiger partial charge in [-0.15, -0.1) is 0 Å². The molecule has 3 nitrogen and oxygen atoms in total. The molecule has 0 saturated heterocycles. The highest BCUT2D eigenvalue weighted by atomic mass is 32.1. The highest BCUT2D eigenvalue weighted by molar-refractivity contribution is 7.80. The van der Waals surface area contributed by atoms with Crippen molar-refractivity contribution in [1.82, 2.24) is 0 Å². The van der Waals surface area contributed by atoms with Crippen molar-refractivity contribution in [3.8, 4) is 0 Å². The van der Waals surface area contributed by atoms with E-state index >= 15 is 0 Å². The molecule has 0 N–H and O–H groups in total. The Morgan fingerprint density at radius 2 is 1.86 bits per heavy atom. The Balaban J connectivity index is 4.19. The predicted octanol–water partition coefficient (Wildman–Crippen LogP) is 2.68. The summed E-state index contributed by atoms with van der Waals surface area (Å²) in [7, 11) is 0. The molecule has 0 fully saturated rings. The molecule has 0 aliphatic heterocycles. The molecular formula is C10H18O3S. The van der Waals surface area contributed by atoms with Crippen LogP contribution < -0.4 is 0 Å². The van der Waals surface area contributed by atoms with Crippen molar-refractivity contribution >= 4 is 23.2 Å². The molecule has 0 radical (unpaired) electrons. The summed E-state index contributed by atoms with van der Waals surface area (Å²) >= 11 is 4.77. The fraction of sp³-hybridized carbons (Fsp3) is 0.800. The fourth-order valence-electron chi connectivity index (χ4n) is 0.672. The predicted molar refractivity (Wildman–Crippen MR) is 59.0 cm³/mol. The van der Waals surface area contributed by atoms with Crippen molar-refractivity contribution in [3.05, 3.63) is 0 Å². The van der Waals surface area contributed by atoms with Crippen LogP contribution in [0, 0.1) is 5.41 Å². The lowest BCUT2D eigenvalue weighted by atomic mass is 9.97. The number of thiocarbonyl (C=S) groups is 1. The van der Waals surface area contributed by atoms with E-state index in [1.54, 1.807) is 27.7 Å². The molecule has 0 saturated carbocycles. The van der Waals surface area contributed by atoms with Crippen LogP contribution in [-0.2, 0) is 14.3 Å². The second kappa shape index (κ2) is 5.29. The molecule has 0 aliphatic carbocycles. The molecule has 82 valence electrons. The first kappa shape index (κ1) is 13.4. The molecule has 0 rings (SSSR count). The normalized spacial score (nSPS) is 13.2. The van der Waals surface area contributed by atoms with E-state index in [1.807, 2.05) is 6.92 Å². The standard InChI is InChI=1S/C10H18O3S/c1-6-8(12-7(2)14)13-9(11)10(3,4)5/h8H,6H2,1-5H3. The summed E-state index contributed by atoms with van der Waals surface area (Å²) < 4.78 is 10.3. The third-order valence-electron chi connectivity index (χ3n) is 1.48. The van der Waals surface area contributed by atoms with Crippen LogP contribution in [0.15, 0.2) is 0 Å². The zero-order valence-corrected chi connectivity index (χ0v) is 10.2. The van der Waals surface area contributed by atoms with E-state index < -0.39 is 11.7 Å². The fourth-order valence-corrected chi connectivity index (χ4v) is 0.779. The summed E-state index contributed by atoms with van der Waals surface area (Å²) in [5, 5.41) is 0.388. The molecule has 4 heteroatoms. The van der Waals surface area contributed by atoms with E-state index in [0.29, 0.717) is 11.5 Å². The summed E-state index contributed by atoms with van der Waals surface area (Å²) in [6.07, 6.45) is 0.0368. The number of hydrogen-bond acceptors (Lipinski definition) is 4. The van der Waals surface area contributed by atoms with Crippen LogP contribution in [0.25, 0.3) is 0 Å². The molecule has 0 spiro atoms. The summed E-state index contributed by atoms with van der Waals surface area (Å²) in [6, 6.07) is 0. The lowest BCUT2D eigenvalue weighted by molar-refractivity contribution is -0.175. The monoisotopic (exact) mass is 218 g/mol. The van der Waals surface area contributed by atoms with Gasteiger partial charge in [0.25, 0.3) is 0 Å². The third kappa shape index (κ3) is 5.17. The van der Waals surface area contributed by atoms with E-state index in [0.717, 1.165) is 0 Å². The maximum absolute atomic E-state index is 11.5. The van der Waals surface area contributed by atoms with E-state index in [4.69, 9.17) is 21.7 Å². The molecule has 0 heterocycles. The van der Waals surface area contributed by atoms with Crippen molar-refractivity contribution in [2.24, 2.45) is 5.41 Å². The average Bonchev–Trinajstić information content (AvgIpc) is 2.00. The molecule has 1 atom stereocenters. The van der Waals surface area contributed by atoms with Gasteiger partial charge in [-0.05, 0) is 33.0 Å². The van der Waals surface area contributed by atoms with Crippen molar-refractivity contribution in [2.75, 3.05) is 0 Å². The van der Waals surface area contributed by atoms with E-state index in [2.05, 4.69) is 0 Å². The number of hydrogen-bond donors (Lipinski definition) is 0. The van der Waals surface area contributed by atoms with Gasteiger partial charge in [-0.3, -0.25) is 4.79 Å². The van der Waals surface area contributed by atoms with Crippen molar-refractivity contribution in [2.45, 2.75) is 47.3 Å². The highest BCUT2D eigenvalue weighted by Gasteiger charge is 2.26. The SMILES string of the molecule is CCC(OC(=O)C(C)(C)C)OC(C)=S. The van der Waals surface area contributed by atoms with Gasteiger partial charge in [-0.1, -0.05) is 6.92 Å². The Bertz CT molecular complexity index is 218. The molecule has 14 heavy (non-hydrogen) atoms. The summed E-state index contributed by atoms with van der Waals surface area (Å²) in [5.74, 6) is -0.277. The molecule has 1 unspecified atom stereocenters. The van der Waals surface area contributed by atoms with Crippen LogP contribution in [0.1, 0.15) is 41.0 Å². The molecule has 0 aromatic heterocycles. The minimum absolute atomic E-state index is 0.277. The Hall–Kier alpha value is -0.640. The second-order valence-corrected chi connectivity index (χ2v) is 4.68. The van der Waals surface area contributed by atoms with Gasteiger partial charge in [0.05, 0.1) is 5.41 Å². The van der Waals surface area contributed by atoms with Crippen LogP contribution in [0.5, 0.6) is 0 Å². The number of ether oxygens (including phenoxy) is 2. The first-order chi connectivity index (χ1) is 6.27. The van der Waals surface area contributed by atoms with Crippen LogP contribution in [0.2, 0.25) is 0 Å². The van der Waals surface area contributed by atoms with Crippen LogP contribution in [0.4, 0.5) is 0 Å². The largest absolute Gasteiger partial charge is 0.449 e. The zero-order chi connectivity index (χ0) is 11.4. The van der Waals surface area contributed by atoms with Crippen molar-refractivity contribution in [3.63, 3.8) is 0 Å². The van der Waals surface area contributed by atoms with Gasteiger partial charge >= 0.3 is 5.97 Å². The van der Waals surface area contributed by atoms with Gasteiger partial charge in [0.1, 0.15) is 0 Å². The van der Waals surface area contributed by atoms with Gasteiger partial charge in [-0.2, -0.15) is 0 Å². The van der Waals surface area contributed by atoms with Crippen LogP contribution >= 0.6 is 12.2 Å². The summed E-state index contributed by atoms with van der Waals surface area (Å²) in [4.78, 5) is 11.5. The minimum atomic E-state index is -0.556. The molecular weight excluding hydrogens is 200 g/mol. The lowest BCUT2D eigenvalue weighted by Crippen LogP contribution is -2.30. The molecule has 0 bridgehead atoms. The Morgan fingerprint density at radius 3 is 2.14 bits per heavy atom. The highest BCUT2D eigenvalue weighted by Crippen LogP contribution is 2.17. The van der Waals surface area contributed by atoms with E-state index in [1.165, 1.54) is 0 Å². The van der Waals surface area contributed by atoms with E-state index in [9.17, 15) is 4.79 Å². The van der Waals surface area contributed by atoms with Gasteiger partial charge in [-0.25, -0.2) is 0 Å². The van der Waals surface area contributed by atoms with Gasteiger partial charge < -0.3 is 9.47 Å². The summed E-state index contributed by atoms with van der Waals surface area (Å²) in [5.41, 5.74) is -0.508. The van der Waals surface area contributed by atoms with Crippen LogP contribution in [0.3, 0.4) is 0 Å². The Labute approximate surface area is 90.8 Å². The smallest absolute Gasteiger partial charge is 0.314 e. The quantitative estimate of drug-likeness (QED) is 0.414. The molecule has 0 aliphatic rings. The maximum atomic E-state index is 11.5. The second-order valence-electron chi connectivity index (χ2n) is 4.10. The third-order valence-corrected chi connectivity index (χ3v) is 1.58. The number of rotatable bonds is 3. The molecule has 0 aromatic carbocycles. The van der Waals surface area contributed by atoms with Crippen molar-refractivity contribution < 1.29 is 14.3 Å². The van der Waals surface area contributed by atoms with Gasteiger partial charge in [0.15, 0.2) is 5.05 Å². The maximum Gasteiger partial charge on any atom is 0.314 e. The minimum Gasteiger partial charge on any atom is -0.449 e. The first-order valence-corrected chi connectivity index (χ1v) is 5.06. The molecule has 0 aromatic rings. The number of carbonyl (C=O) groups excluding carboxylic acids is 1. The zero-order valence-electron chi connectivity index (χ0n) is 9.42. The first-order valence-electron chi connectivity index (χ1n) is 4.65. The lowest BCUT2D eigenvalue weighted by Gasteiger charge is -2.22. The molecule has 0 amide bonds. The number of carbonyl (C=O) groups is 1. The van der Waals surface area contributed by atoms with Crippen LogP contribution in [-0.4, -0.2) is 17.3 Å². The van der Waals surface area contributed by atoms with Gasteiger partial charge in [0.2, 0.25) is 6.29 Å². The van der Waals surface area contributed by atoms with Crippen molar-refractivity contribution in [1.29, 1.82) is 0 Å². The summed E-state index contributed by atoms with van der Waals surface area (Å²) in [6.45, 7) is 8.92. The number of esters is 1. The Morgan fingerprint density at radius 1 is 1.36 bits per heavy atom. The topological polar surface area (TPSA) is 35.5 Å². The van der Waals surface area contributed by atoms with E-state index in [-0.39, 0.29) is 5.97 Å².